The van der Waals surface area contributed by atoms with Crippen molar-refractivity contribution in [3.8, 4) is 0 Å². The Kier molecular flexibility index (Phi) is 3.71. The van der Waals surface area contributed by atoms with E-state index in [2.05, 4.69) is 25.5 Å². The second-order valence-corrected chi connectivity index (χ2v) is 3.23. The Bertz CT molecular complexity index is 177. The van der Waals surface area contributed by atoms with Gasteiger partial charge in [-0.3, -0.25) is 0 Å². The van der Waals surface area contributed by atoms with Crippen molar-refractivity contribution in [3.05, 3.63) is 29.2 Å². The molecular formula is C10H14Cl. The Labute approximate surface area is 73.9 Å². The van der Waals surface area contributed by atoms with Crippen molar-refractivity contribution in [2.45, 2.75) is 32.6 Å². The molecule has 1 heteroatoms. The van der Waals surface area contributed by atoms with Gasteiger partial charge in [-0.05, 0) is 24.8 Å². The molecule has 0 heterocycles. The molecule has 0 atom stereocenters. The average molecular weight is 170 g/mol. The molecule has 0 aromatic heterocycles. The van der Waals surface area contributed by atoms with Crippen molar-refractivity contribution in [2.75, 3.05) is 0 Å². The van der Waals surface area contributed by atoms with E-state index in [-0.39, 0.29) is 0 Å². The lowest BCUT2D eigenvalue weighted by Gasteiger charge is -2.09. The van der Waals surface area contributed by atoms with Crippen LogP contribution in [0.2, 0.25) is 0 Å². The quantitative estimate of drug-likeness (QED) is 0.603. The van der Waals surface area contributed by atoms with Crippen LogP contribution in [-0.2, 0) is 0 Å². The van der Waals surface area contributed by atoms with Crippen LogP contribution in [0.25, 0.3) is 0 Å². The molecule has 0 saturated heterocycles. The molecule has 0 amide bonds. The number of halogens is 1. The minimum atomic E-state index is 0.959. The summed E-state index contributed by atoms with van der Waals surface area (Å²) in [5.41, 5.74) is 1.31. The minimum absolute atomic E-state index is 0.959. The van der Waals surface area contributed by atoms with Crippen LogP contribution in [-0.4, -0.2) is 0 Å². The summed E-state index contributed by atoms with van der Waals surface area (Å²) < 4.78 is 0. The number of hydrogen-bond donors (Lipinski definition) is 0. The molecule has 0 spiro atoms. The summed E-state index contributed by atoms with van der Waals surface area (Å²) in [5.74, 6) is 0. The first-order chi connectivity index (χ1) is 5.34. The molecule has 61 valence electrons. The zero-order chi connectivity index (χ0) is 8.10. The molecule has 0 bridgehead atoms. The van der Waals surface area contributed by atoms with Gasteiger partial charge in [0.2, 0.25) is 0 Å². The highest BCUT2D eigenvalue weighted by Gasteiger charge is 2.04. The Morgan fingerprint density at radius 3 is 3.00 bits per heavy atom. The van der Waals surface area contributed by atoms with Gasteiger partial charge < -0.3 is 0 Å². The monoisotopic (exact) mass is 169 g/mol. The molecule has 0 nitrogen and oxygen atoms in total. The van der Waals surface area contributed by atoms with E-state index >= 15 is 0 Å². The molecule has 0 saturated carbocycles. The van der Waals surface area contributed by atoms with Crippen molar-refractivity contribution in [1.82, 2.24) is 0 Å². The van der Waals surface area contributed by atoms with Crippen LogP contribution in [0.3, 0.4) is 0 Å². The Morgan fingerprint density at radius 1 is 1.55 bits per heavy atom. The molecule has 0 N–H and O–H groups in total. The van der Waals surface area contributed by atoms with Crippen LogP contribution in [0.15, 0.2) is 22.8 Å². The van der Waals surface area contributed by atoms with Gasteiger partial charge in [0.15, 0.2) is 0 Å². The summed E-state index contributed by atoms with van der Waals surface area (Å²) in [6.45, 7) is 2.20. The van der Waals surface area contributed by atoms with E-state index in [0.29, 0.717) is 0 Å². The molecule has 1 aliphatic carbocycles. The summed E-state index contributed by atoms with van der Waals surface area (Å²) >= 11 is 5.99. The first kappa shape index (κ1) is 8.86. The highest BCUT2D eigenvalue weighted by molar-refractivity contribution is 6.31. The third-order valence-corrected chi connectivity index (χ3v) is 2.26. The highest BCUT2D eigenvalue weighted by atomic mass is 35.5. The van der Waals surface area contributed by atoms with E-state index in [1.807, 2.05) is 0 Å². The fourth-order valence-corrected chi connectivity index (χ4v) is 1.41. The number of allylic oxidation sites excluding steroid dienone is 4. The molecule has 11 heavy (non-hydrogen) atoms. The van der Waals surface area contributed by atoms with E-state index in [4.69, 9.17) is 11.6 Å². The SMILES string of the molecule is CCCCC1=C(Cl)[CH]CC=C1. The van der Waals surface area contributed by atoms with Gasteiger partial charge in [-0.15, -0.1) is 0 Å². The van der Waals surface area contributed by atoms with Crippen molar-refractivity contribution < 1.29 is 0 Å². The maximum atomic E-state index is 5.99. The lowest BCUT2D eigenvalue weighted by Crippen LogP contribution is -1.90. The van der Waals surface area contributed by atoms with Crippen LogP contribution in [0.4, 0.5) is 0 Å². The van der Waals surface area contributed by atoms with Crippen LogP contribution in [0.5, 0.6) is 0 Å². The number of rotatable bonds is 3. The molecular weight excluding hydrogens is 156 g/mol. The molecule has 1 radical (unpaired) electrons. The molecule has 0 unspecified atom stereocenters. The Balaban J connectivity index is 2.47. The standard InChI is InChI=1S/C10H14Cl/c1-2-3-6-9-7-4-5-8-10(9)11/h4,7-8H,2-3,5-6H2,1H3. The molecule has 1 rings (SSSR count). The second-order valence-electron chi connectivity index (χ2n) is 2.82. The molecule has 0 aliphatic heterocycles. The van der Waals surface area contributed by atoms with E-state index in [0.717, 1.165) is 17.9 Å². The smallest absolute Gasteiger partial charge is 0.0253 e. The van der Waals surface area contributed by atoms with Gasteiger partial charge in [0.1, 0.15) is 0 Å². The van der Waals surface area contributed by atoms with Crippen molar-refractivity contribution in [2.24, 2.45) is 0 Å². The van der Waals surface area contributed by atoms with Crippen molar-refractivity contribution in [1.29, 1.82) is 0 Å². The fraction of sp³-hybridized carbons (Fsp3) is 0.500. The van der Waals surface area contributed by atoms with Crippen molar-refractivity contribution >= 4 is 11.6 Å². The van der Waals surface area contributed by atoms with Crippen molar-refractivity contribution in [3.63, 3.8) is 0 Å². The van der Waals surface area contributed by atoms with Gasteiger partial charge >= 0.3 is 0 Å². The summed E-state index contributed by atoms with van der Waals surface area (Å²) in [6.07, 6.45) is 11.0. The average Bonchev–Trinajstić information content (AvgIpc) is 2.03. The summed E-state index contributed by atoms with van der Waals surface area (Å²) in [6, 6.07) is 0. The largest absolute Gasteiger partial charge is 0.0885 e. The van der Waals surface area contributed by atoms with Crippen LogP contribution >= 0.6 is 11.6 Å². The zero-order valence-electron chi connectivity index (χ0n) is 6.94. The van der Waals surface area contributed by atoms with E-state index < -0.39 is 0 Å². The Hall–Kier alpha value is -0.230. The first-order valence-electron chi connectivity index (χ1n) is 4.23. The van der Waals surface area contributed by atoms with Gasteiger partial charge in [-0.2, -0.15) is 0 Å². The van der Waals surface area contributed by atoms with Crippen LogP contribution in [0.1, 0.15) is 32.6 Å². The predicted molar refractivity (Wildman–Crippen MR) is 50.5 cm³/mol. The second kappa shape index (κ2) is 4.61. The third-order valence-electron chi connectivity index (χ3n) is 1.86. The van der Waals surface area contributed by atoms with E-state index in [9.17, 15) is 0 Å². The number of hydrogen-bond acceptors (Lipinski definition) is 0. The predicted octanol–water partition coefficient (Wildman–Crippen LogP) is 3.83. The maximum absolute atomic E-state index is 5.99. The van der Waals surface area contributed by atoms with Gasteiger partial charge in [-0.1, -0.05) is 37.1 Å². The van der Waals surface area contributed by atoms with E-state index in [1.54, 1.807) is 0 Å². The first-order valence-corrected chi connectivity index (χ1v) is 4.60. The molecule has 0 fully saturated rings. The summed E-state index contributed by atoms with van der Waals surface area (Å²) in [7, 11) is 0. The highest BCUT2D eigenvalue weighted by Crippen LogP contribution is 2.24. The Morgan fingerprint density at radius 2 is 2.36 bits per heavy atom. The summed E-state index contributed by atoms with van der Waals surface area (Å²) in [4.78, 5) is 0. The maximum Gasteiger partial charge on any atom is 0.0253 e. The lowest BCUT2D eigenvalue weighted by molar-refractivity contribution is 0.793. The fourth-order valence-electron chi connectivity index (χ4n) is 1.16. The lowest BCUT2D eigenvalue weighted by atomic mass is 10.0. The molecule has 1 aliphatic rings. The third kappa shape index (κ3) is 2.70. The van der Waals surface area contributed by atoms with Crippen LogP contribution < -0.4 is 0 Å². The van der Waals surface area contributed by atoms with Gasteiger partial charge in [-0.25, -0.2) is 0 Å². The van der Waals surface area contributed by atoms with Gasteiger partial charge in [0.05, 0.1) is 0 Å². The van der Waals surface area contributed by atoms with Crippen LogP contribution in [0, 0.1) is 6.42 Å². The van der Waals surface area contributed by atoms with Gasteiger partial charge in [0.25, 0.3) is 0 Å². The van der Waals surface area contributed by atoms with E-state index in [1.165, 1.54) is 18.4 Å². The normalized spacial score (nSPS) is 17.6. The zero-order valence-corrected chi connectivity index (χ0v) is 7.69. The number of unbranched alkanes of at least 4 members (excludes halogenated alkanes) is 1. The topological polar surface area (TPSA) is 0 Å². The summed E-state index contributed by atoms with van der Waals surface area (Å²) in [5, 5.41) is 0.959. The molecule has 0 aromatic carbocycles. The minimum Gasteiger partial charge on any atom is -0.0885 e. The molecule has 0 aromatic rings. The van der Waals surface area contributed by atoms with Gasteiger partial charge in [0, 0.05) is 11.5 Å².